The molecule has 3 saturated heterocycles. The van der Waals surface area contributed by atoms with Crippen molar-refractivity contribution in [2.24, 2.45) is 59.0 Å². The van der Waals surface area contributed by atoms with E-state index in [9.17, 15) is 0 Å². The summed E-state index contributed by atoms with van der Waals surface area (Å²) in [6, 6.07) is 2.87. The van der Waals surface area contributed by atoms with Crippen LogP contribution in [0.4, 0.5) is 0 Å². The molecular weight excluding hydrogens is 611 g/mol. The molecule has 0 aromatic carbocycles. The minimum absolute atomic E-state index is 0.375. The van der Waals surface area contributed by atoms with E-state index in [0.29, 0.717) is 6.04 Å². The van der Waals surface area contributed by atoms with Crippen molar-refractivity contribution in [3.8, 4) is 0 Å². The van der Waals surface area contributed by atoms with Crippen LogP contribution in [-0.2, 0) is 0 Å². The number of hydrogen-bond donors (Lipinski definition) is 5. The maximum absolute atomic E-state index is 5.49. The zero-order valence-corrected chi connectivity index (χ0v) is 37.4. The Morgan fingerprint density at radius 1 is 0.560 bits per heavy atom. The Balaban J connectivity index is 0. The first-order valence-electron chi connectivity index (χ1n) is 22.0. The number of rotatable bonds is 12. The Kier molecular flexibility index (Phi) is 33.5. The lowest BCUT2D eigenvalue weighted by atomic mass is 9.87. The summed E-state index contributed by atoms with van der Waals surface area (Å²) >= 11 is 0. The van der Waals surface area contributed by atoms with Crippen molar-refractivity contribution < 1.29 is 0 Å². The molecule has 0 aromatic rings. The third kappa shape index (κ3) is 32.5. The third-order valence-corrected chi connectivity index (χ3v) is 10.6. The van der Waals surface area contributed by atoms with E-state index in [2.05, 4.69) is 118 Å². The van der Waals surface area contributed by atoms with Crippen molar-refractivity contribution in [3.05, 3.63) is 0 Å². The molecule has 1 aliphatic carbocycles. The molecular formula is C45H99N5. The molecule has 0 radical (unpaired) electrons. The minimum atomic E-state index is 0.375. The van der Waals surface area contributed by atoms with Crippen LogP contribution in [0, 0.1) is 53.3 Å². The van der Waals surface area contributed by atoms with Crippen LogP contribution in [0.2, 0.25) is 0 Å². The molecule has 4 aliphatic rings. The standard InChI is InChI=1S/C9H19N.C9H18.C8H17N.C7H15N.2C6H15N/c1-7(2)6-9-8(3)4-5-10-9;1-7(2)9-6-4-5-8(9)3;1-7(2)6-8-4-3-5-9-8;1-6(2)5-7-3-4-8-7;1-6(2)4-5-7-3;1-5(2)4-6(3)7/h7-10H,4-6H2,1-3H3;7-9H,4-6H2,1-3H3;7-9H,3-6H2,1-2H3;6-8H,3-5H2,1-2H3;6-7H,4-5H2,1-3H3;5-6H,4,7H2,1-3H3. The lowest BCUT2D eigenvalue weighted by molar-refractivity contribution is 0.314. The summed E-state index contributed by atoms with van der Waals surface area (Å²) in [4.78, 5) is 0. The molecule has 50 heavy (non-hydrogen) atoms. The maximum atomic E-state index is 5.49. The van der Waals surface area contributed by atoms with E-state index in [1.165, 1.54) is 90.3 Å². The first-order valence-corrected chi connectivity index (χ1v) is 22.0. The van der Waals surface area contributed by atoms with Crippen molar-refractivity contribution >= 4 is 0 Å². The fraction of sp³-hybridized carbons (Fsp3) is 1.00. The Bertz CT molecular complexity index is 688. The number of hydrogen-bond acceptors (Lipinski definition) is 5. The molecule has 1 saturated carbocycles. The molecule has 7 atom stereocenters. The summed E-state index contributed by atoms with van der Waals surface area (Å²) in [5.41, 5.74) is 5.49. The van der Waals surface area contributed by atoms with Crippen molar-refractivity contribution in [2.45, 2.75) is 205 Å². The number of nitrogens with two attached hydrogens (primary N) is 1. The van der Waals surface area contributed by atoms with Crippen LogP contribution >= 0.6 is 0 Å². The van der Waals surface area contributed by atoms with Crippen LogP contribution in [0.3, 0.4) is 0 Å². The molecule has 3 heterocycles. The van der Waals surface area contributed by atoms with Gasteiger partial charge in [-0.2, -0.15) is 0 Å². The van der Waals surface area contributed by atoms with Crippen LogP contribution < -0.4 is 27.0 Å². The molecule has 4 fully saturated rings. The molecule has 7 unspecified atom stereocenters. The SMILES string of the molecule is CC(C)C1CCCC1C.CC(C)CC(C)N.CC(C)CC1CCCN1.CC(C)CC1CCN1.CC(C)CC1NCCC1C.CNCCC(C)C. The van der Waals surface area contributed by atoms with Crippen molar-refractivity contribution in [1.29, 1.82) is 0 Å². The number of nitrogens with one attached hydrogen (secondary N) is 4. The van der Waals surface area contributed by atoms with Crippen LogP contribution in [0.15, 0.2) is 0 Å². The van der Waals surface area contributed by atoms with Crippen molar-refractivity contribution in [1.82, 2.24) is 21.3 Å². The van der Waals surface area contributed by atoms with E-state index >= 15 is 0 Å². The van der Waals surface area contributed by atoms with Gasteiger partial charge in [-0.25, -0.2) is 0 Å². The predicted molar refractivity (Wildman–Crippen MR) is 229 cm³/mol. The zero-order valence-electron chi connectivity index (χ0n) is 37.4. The summed E-state index contributed by atoms with van der Waals surface area (Å²) in [6.45, 7) is 39.0. The van der Waals surface area contributed by atoms with E-state index in [4.69, 9.17) is 5.73 Å². The van der Waals surface area contributed by atoms with Gasteiger partial charge in [0.25, 0.3) is 0 Å². The monoisotopic (exact) mass is 710 g/mol. The van der Waals surface area contributed by atoms with Gasteiger partial charge in [-0.1, -0.05) is 110 Å². The van der Waals surface area contributed by atoms with E-state index in [0.717, 1.165) is 84.4 Å². The van der Waals surface area contributed by atoms with Gasteiger partial charge < -0.3 is 27.0 Å². The van der Waals surface area contributed by atoms with Gasteiger partial charge in [0.15, 0.2) is 0 Å². The largest absolute Gasteiger partial charge is 0.328 e. The first-order chi connectivity index (χ1) is 23.4. The van der Waals surface area contributed by atoms with Gasteiger partial charge in [-0.05, 0) is 158 Å². The molecule has 0 amide bonds. The van der Waals surface area contributed by atoms with E-state index < -0.39 is 0 Å². The average molecular weight is 710 g/mol. The summed E-state index contributed by atoms with van der Waals surface area (Å²) in [6.07, 6.45) is 16.5. The minimum Gasteiger partial charge on any atom is -0.328 e. The first kappa shape index (κ1) is 51.9. The van der Waals surface area contributed by atoms with E-state index in [-0.39, 0.29) is 0 Å². The summed E-state index contributed by atoms with van der Waals surface area (Å²) in [5, 5.41) is 13.5. The highest BCUT2D eigenvalue weighted by atomic mass is 15.0. The molecule has 0 spiro atoms. The topological polar surface area (TPSA) is 74.1 Å². The second kappa shape index (κ2) is 32.2. The summed E-state index contributed by atoms with van der Waals surface area (Å²) < 4.78 is 0. The zero-order chi connectivity index (χ0) is 38.6. The van der Waals surface area contributed by atoms with Crippen LogP contribution in [-0.4, -0.2) is 57.4 Å². The van der Waals surface area contributed by atoms with Gasteiger partial charge in [0.05, 0.1) is 0 Å². The van der Waals surface area contributed by atoms with Gasteiger partial charge in [0.1, 0.15) is 0 Å². The lowest BCUT2D eigenvalue weighted by Gasteiger charge is -2.28. The summed E-state index contributed by atoms with van der Waals surface area (Å²) in [5.74, 6) is 8.03. The Morgan fingerprint density at radius 3 is 1.34 bits per heavy atom. The molecule has 3 aliphatic heterocycles. The van der Waals surface area contributed by atoms with Gasteiger partial charge >= 0.3 is 0 Å². The second-order valence-corrected chi connectivity index (χ2v) is 19.2. The summed E-state index contributed by atoms with van der Waals surface area (Å²) in [7, 11) is 1.99. The molecule has 0 bridgehead atoms. The normalized spacial score (nSPS) is 26.2. The smallest absolute Gasteiger partial charge is 0.00956 e. The van der Waals surface area contributed by atoms with Gasteiger partial charge in [0.2, 0.25) is 0 Å². The van der Waals surface area contributed by atoms with E-state index in [1.807, 2.05) is 14.0 Å². The van der Waals surface area contributed by atoms with Crippen molar-refractivity contribution in [3.63, 3.8) is 0 Å². The quantitative estimate of drug-likeness (QED) is 0.139. The molecule has 5 heteroatoms. The molecule has 0 aromatic heterocycles. The van der Waals surface area contributed by atoms with Gasteiger partial charge in [0, 0.05) is 24.2 Å². The molecule has 6 N–H and O–H groups in total. The van der Waals surface area contributed by atoms with Crippen LogP contribution in [0.1, 0.15) is 181 Å². The average Bonchev–Trinajstić information content (AvgIpc) is 3.74. The highest BCUT2D eigenvalue weighted by Crippen LogP contribution is 2.36. The molecule has 4 rings (SSSR count). The Morgan fingerprint density at radius 2 is 1.10 bits per heavy atom. The van der Waals surface area contributed by atoms with Crippen LogP contribution in [0.25, 0.3) is 0 Å². The Labute approximate surface area is 317 Å². The third-order valence-electron chi connectivity index (χ3n) is 10.6. The van der Waals surface area contributed by atoms with Gasteiger partial charge in [-0.3, -0.25) is 0 Å². The molecule has 304 valence electrons. The van der Waals surface area contributed by atoms with E-state index in [1.54, 1.807) is 0 Å². The highest BCUT2D eigenvalue weighted by molar-refractivity contribution is 4.81. The second-order valence-electron chi connectivity index (χ2n) is 19.2. The predicted octanol–water partition coefficient (Wildman–Crippen LogP) is 10.9. The van der Waals surface area contributed by atoms with Crippen molar-refractivity contribution in [2.75, 3.05) is 33.2 Å². The lowest BCUT2D eigenvalue weighted by Crippen LogP contribution is -2.43. The fourth-order valence-electron chi connectivity index (χ4n) is 7.71. The fourth-order valence-corrected chi connectivity index (χ4v) is 7.71. The van der Waals surface area contributed by atoms with Gasteiger partial charge in [-0.15, -0.1) is 0 Å². The maximum Gasteiger partial charge on any atom is 0.00956 e. The Hall–Kier alpha value is -0.200. The van der Waals surface area contributed by atoms with Crippen LogP contribution in [0.5, 0.6) is 0 Å². The molecule has 5 nitrogen and oxygen atoms in total. The highest BCUT2D eigenvalue weighted by Gasteiger charge is 2.25.